The number of anilines is 1. The van der Waals surface area contributed by atoms with Crippen molar-refractivity contribution in [3.05, 3.63) is 89.2 Å². The van der Waals surface area contributed by atoms with E-state index >= 15 is 0 Å². The molecule has 0 bridgehead atoms. The maximum absolute atomic E-state index is 13.4. The number of nitrogens with one attached hydrogen (secondary N) is 1. The molecule has 3 aromatic heterocycles. The summed E-state index contributed by atoms with van der Waals surface area (Å²) in [6.45, 7) is 5.74. The van der Waals surface area contributed by atoms with E-state index in [-0.39, 0.29) is 11.9 Å². The van der Waals surface area contributed by atoms with Gasteiger partial charge in [-0.15, -0.1) is 0 Å². The molecule has 0 unspecified atom stereocenters. The van der Waals surface area contributed by atoms with Gasteiger partial charge in [-0.05, 0) is 32.4 Å². The zero-order chi connectivity index (χ0) is 22.9. The molecule has 7 nitrogen and oxygen atoms in total. The van der Waals surface area contributed by atoms with Gasteiger partial charge in [0.25, 0.3) is 11.6 Å². The maximum Gasteiger partial charge on any atom is 0.259 e. The van der Waals surface area contributed by atoms with Crippen LogP contribution < -0.4 is 5.32 Å². The number of fused-ring (bicyclic) bond motifs is 1. The van der Waals surface area contributed by atoms with Crippen molar-refractivity contribution in [1.82, 2.24) is 20.1 Å². The lowest BCUT2D eigenvalue weighted by Crippen LogP contribution is -2.15. The summed E-state index contributed by atoms with van der Waals surface area (Å²) in [5.41, 5.74) is 6.58. The van der Waals surface area contributed by atoms with Crippen LogP contribution >= 0.6 is 0 Å². The van der Waals surface area contributed by atoms with E-state index in [4.69, 9.17) is 4.52 Å². The van der Waals surface area contributed by atoms with Gasteiger partial charge in [0.1, 0.15) is 0 Å². The van der Waals surface area contributed by atoms with Gasteiger partial charge in [0.2, 0.25) is 5.95 Å². The van der Waals surface area contributed by atoms with Crippen LogP contribution in [0.2, 0.25) is 0 Å². The summed E-state index contributed by atoms with van der Waals surface area (Å²) in [7, 11) is 0. The molecule has 0 atom stereocenters. The predicted octanol–water partition coefficient (Wildman–Crippen LogP) is 5.52. The standard InChI is InChI=1S/C26H21N5O2/c1-15-9-11-18(12-10-15)21-13-20(22-17(3)31-33-25(22)28-21)24(32)30-26-27-14-16(2)23(29-26)19-7-5-4-6-8-19/h4-14H,1-3H3,(H,27,29,30,32). The number of carbonyl (C=O) groups excluding carboxylic acids is 1. The Morgan fingerprint density at radius 1 is 0.909 bits per heavy atom. The second kappa shape index (κ2) is 8.27. The summed E-state index contributed by atoms with van der Waals surface area (Å²) in [6, 6.07) is 19.5. The Labute approximate surface area is 190 Å². The normalized spacial score (nSPS) is 11.0. The number of nitrogens with zero attached hydrogens (tertiary/aromatic N) is 4. The van der Waals surface area contributed by atoms with Gasteiger partial charge in [-0.2, -0.15) is 0 Å². The lowest BCUT2D eigenvalue weighted by Gasteiger charge is -2.10. The van der Waals surface area contributed by atoms with Crippen molar-refractivity contribution in [1.29, 1.82) is 0 Å². The van der Waals surface area contributed by atoms with E-state index in [1.54, 1.807) is 19.2 Å². The topological polar surface area (TPSA) is 93.8 Å². The van der Waals surface area contributed by atoms with Gasteiger partial charge < -0.3 is 4.52 Å². The Balaban J connectivity index is 1.55. The predicted molar refractivity (Wildman–Crippen MR) is 127 cm³/mol. The average Bonchev–Trinajstić information content (AvgIpc) is 3.21. The first-order valence-corrected chi connectivity index (χ1v) is 10.5. The molecule has 0 spiro atoms. The fraction of sp³-hybridized carbons (Fsp3) is 0.115. The van der Waals surface area contributed by atoms with Gasteiger partial charge in [0, 0.05) is 17.3 Å². The Kier molecular flexibility index (Phi) is 5.14. The van der Waals surface area contributed by atoms with E-state index in [2.05, 4.69) is 25.4 Å². The third-order valence-electron chi connectivity index (χ3n) is 5.45. The minimum atomic E-state index is -0.357. The first-order valence-electron chi connectivity index (χ1n) is 10.5. The van der Waals surface area contributed by atoms with Crippen LogP contribution in [0.1, 0.15) is 27.2 Å². The van der Waals surface area contributed by atoms with E-state index in [1.165, 1.54) is 0 Å². The van der Waals surface area contributed by atoms with E-state index < -0.39 is 0 Å². The Bertz CT molecular complexity index is 1470. The largest absolute Gasteiger partial charge is 0.335 e. The van der Waals surface area contributed by atoms with Crippen molar-refractivity contribution in [2.45, 2.75) is 20.8 Å². The summed E-state index contributed by atoms with van der Waals surface area (Å²) in [6.07, 6.45) is 1.70. The second-order valence-electron chi connectivity index (χ2n) is 7.91. The Morgan fingerprint density at radius 2 is 1.67 bits per heavy atom. The molecule has 0 saturated heterocycles. The highest BCUT2D eigenvalue weighted by Crippen LogP contribution is 2.28. The van der Waals surface area contributed by atoms with Crippen LogP contribution in [0.3, 0.4) is 0 Å². The lowest BCUT2D eigenvalue weighted by atomic mass is 10.0. The minimum absolute atomic E-state index is 0.223. The Hall–Kier alpha value is -4.39. The first-order chi connectivity index (χ1) is 16.0. The summed E-state index contributed by atoms with van der Waals surface area (Å²) < 4.78 is 5.40. The van der Waals surface area contributed by atoms with Crippen LogP contribution in [0.5, 0.6) is 0 Å². The van der Waals surface area contributed by atoms with Crippen molar-refractivity contribution >= 4 is 23.0 Å². The molecule has 0 aliphatic heterocycles. The van der Waals surface area contributed by atoms with Crippen LogP contribution in [-0.4, -0.2) is 26.0 Å². The van der Waals surface area contributed by atoms with E-state index in [9.17, 15) is 4.79 Å². The molecule has 0 radical (unpaired) electrons. The number of benzene rings is 2. The highest BCUT2D eigenvalue weighted by molar-refractivity contribution is 6.12. The number of carbonyl (C=O) groups is 1. The fourth-order valence-electron chi connectivity index (χ4n) is 3.71. The summed E-state index contributed by atoms with van der Waals surface area (Å²) in [5, 5.41) is 7.41. The molecule has 3 heterocycles. The van der Waals surface area contributed by atoms with Crippen molar-refractivity contribution in [2.24, 2.45) is 0 Å². The number of amides is 1. The molecule has 5 aromatic rings. The van der Waals surface area contributed by atoms with E-state index in [0.29, 0.717) is 28.1 Å². The quantitative estimate of drug-likeness (QED) is 0.399. The number of hydrogen-bond donors (Lipinski definition) is 1. The molecule has 0 saturated carbocycles. The molecule has 162 valence electrons. The molecule has 7 heteroatoms. The molecule has 0 aliphatic carbocycles. The third kappa shape index (κ3) is 3.96. The van der Waals surface area contributed by atoms with Gasteiger partial charge in [0.05, 0.1) is 28.0 Å². The van der Waals surface area contributed by atoms with Gasteiger partial charge in [-0.25, -0.2) is 15.0 Å². The van der Waals surface area contributed by atoms with E-state index in [0.717, 1.165) is 27.9 Å². The highest BCUT2D eigenvalue weighted by Gasteiger charge is 2.20. The number of hydrogen-bond acceptors (Lipinski definition) is 6. The smallest absolute Gasteiger partial charge is 0.259 e. The second-order valence-corrected chi connectivity index (χ2v) is 7.91. The van der Waals surface area contributed by atoms with Crippen molar-refractivity contribution in [2.75, 3.05) is 5.32 Å². The zero-order valence-electron chi connectivity index (χ0n) is 18.5. The third-order valence-corrected chi connectivity index (χ3v) is 5.45. The summed E-state index contributed by atoms with van der Waals surface area (Å²) in [5.74, 6) is -0.134. The minimum Gasteiger partial charge on any atom is -0.335 e. The zero-order valence-corrected chi connectivity index (χ0v) is 18.5. The summed E-state index contributed by atoms with van der Waals surface area (Å²) >= 11 is 0. The monoisotopic (exact) mass is 435 g/mol. The van der Waals surface area contributed by atoms with Crippen molar-refractivity contribution in [3.63, 3.8) is 0 Å². The lowest BCUT2D eigenvalue weighted by molar-refractivity contribution is 0.102. The number of aromatic nitrogens is 4. The van der Waals surface area contributed by atoms with Gasteiger partial charge in [-0.3, -0.25) is 10.1 Å². The van der Waals surface area contributed by atoms with Gasteiger partial charge in [-0.1, -0.05) is 65.3 Å². The van der Waals surface area contributed by atoms with Crippen LogP contribution in [0.4, 0.5) is 5.95 Å². The molecular formula is C26H21N5O2. The molecule has 0 aliphatic rings. The van der Waals surface area contributed by atoms with Crippen LogP contribution in [0, 0.1) is 20.8 Å². The average molecular weight is 435 g/mol. The molecule has 0 fully saturated rings. The fourth-order valence-corrected chi connectivity index (χ4v) is 3.71. The molecule has 33 heavy (non-hydrogen) atoms. The number of aryl methyl sites for hydroxylation is 3. The molecule has 2 aromatic carbocycles. The summed E-state index contributed by atoms with van der Waals surface area (Å²) in [4.78, 5) is 26.8. The van der Waals surface area contributed by atoms with Crippen LogP contribution in [-0.2, 0) is 0 Å². The SMILES string of the molecule is Cc1ccc(-c2cc(C(=O)Nc3ncc(C)c(-c4ccccc4)n3)c3c(C)noc3n2)cc1. The van der Waals surface area contributed by atoms with Crippen LogP contribution in [0.25, 0.3) is 33.6 Å². The highest BCUT2D eigenvalue weighted by atomic mass is 16.5. The van der Waals surface area contributed by atoms with Gasteiger partial charge in [0.15, 0.2) is 0 Å². The molecule has 1 N–H and O–H groups in total. The maximum atomic E-state index is 13.4. The molecule has 5 rings (SSSR count). The molecule has 1 amide bonds. The first kappa shape index (κ1) is 20.5. The number of rotatable bonds is 4. The van der Waals surface area contributed by atoms with Crippen molar-refractivity contribution < 1.29 is 9.32 Å². The Morgan fingerprint density at radius 3 is 2.42 bits per heavy atom. The molecular weight excluding hydrogens is 414 g/mol. The van der Waals surface area contributed by atoms with Gasteiger partial charge >= 0.3 is 0 Å². The van der Waals surface area contributed by atoms with E-state index in [1.807, 2.05) is 68.4 Å². The van der Waals surface area contributed by atoms with Crippen LogP contribution in [0.15, 0.2) is 71.4 Å². The number of pyridine rings is 1. The van der Waals surface area contributed by atoms with Crippen molar-refractivity contribution in [3.8, 4) is 22.5 Å².